The van der Waals surface area contributed by atoms with Crippen molar-refractivity contribution in [2.75, 3.05) is 23.5 Å². The van der Waals surface area contributed by atoms with E-state index in [-0.39, 0.29) is 24.8 Å². The first-order valence-electron chi connectivity index (χ1n) is 11.3. The summed E-state index contributed by atoms with van der Waals surface area (Å²) in [5, 5.41) is 1.52. The zero-order chi connectivity index (χ0) is 25.7. The van der Waals surface area contributed by atoms with E-state index >= 15 is 0 Å². The van der Waals surface area contributed by atoms with Gasteiger partial charge in [-0.2, -0.15) is 0 Å². The molecule has 0 radical (unpaired) electrons. The molecule has 0 unspecified atom stereocenters. The van der Waals surface area contributed by atoms with E-state index in [4.69, 9.17) is 44.3 Å². The molecule has 1 fully saturated rings. The average Bonchev–Trinajstić information content (AvgIpc) is 3.26. The lowest BCUT2D eigenvalue weighted by atomic mass is 10.1. The minimum atomic E-state index is -0.485. The van der Waals surface area contributed by atoms with E-state index in [2.05, 4.69) is 10.9 Å². The summed E-state index contributed by atoms with van der Waals surface area (Å²) in [6, 6.07) is 17.5. The fourth-order valence-corrected chi connectivity index (χ4v) is 4.20. The van der Waals surface area contributed by atoms with Crippen molar-refractivity contribution in [3.8, 4) is 11.5 Å². The number of carbonyl (C=O) groups is 2. The molecular weight excluding hydrogens is 525 g/mol. The summed E-state index contributed by atoms with van der Waals surface area (Å²) in [6.07, 6.45) is 0.127. The summed E-state index contributed by atoms with van der Waals surface area (Å²) >= 11 is 18.0. The van der Waals surface area contributed by atoms with Crippen molar-refractivity contribution >= 4 is 58.0 Å². The molecule has 10 heteroatoms. The highest BCUT2D eigenvalue weighted by molar-refractivity contribution is 6.42. The summed E-state index contributed by atoms with van der Waals surface area (Å²) in [7, 11) is 0. The maximum Gasteiger partial charge on any atom is 0.243 e. The van der Waals surface area contributed by atoms with E-state index in [0.29, 0.717) is 51.1 Å². The van der Waals surface area contributed by atoms with E-state index in [1.807, 2.05) is 13.0 Å². The molecule has 1 saturated heterocycles. The van der Waals surface area contributed by atoms with Crippen LogP contribution in [-0.4, -0.2) is 25.0 Å². The normalized spacial score (nSPS) is 15.1. The lowest BCUT2D eigenvalue weighted by Gasteiger charge is -2.17. The van der Waals surface area contributed by atoms with Crippen LogP contribution in [0.15, 0.2) is 60.7 Å². The van der Waals surface area contributed by atoms with Crippen LogP contribution < -0.4 is 25.2 Å². The second kappa shape index (κ2) is 11.7. The molecule has 1 atom stereocenters. The molecule has 0 bridgehead atoms. The number of halogens is 3. The van der Waals surface area contributed by atoms with Gasteiger partial charge < -0.3 is 14.4 Å². The highest BCUT2D eigenvalue weighted by atomic mass is 35.5. The highest BCUT2D eigenvalue weighted by Crippen LogP contribution is 2.32. The van der Waals surface area contributed by atoms with Crippen molar-refractivity contribution in [3.05, 3.63) is 81.3 Å². The van der Waals surface area contributed by atoms with E-state index in [1.165, 1.54) is 0 Å². The number of hydrogen-bond donors (Lipinski definition) is 2. The molecule has 0 aliphatic carbocycles. The predicted octanol–water partition coefficient (Wildman–Crippen LogP) is 6.12. The minimum Gasteiger partial charge on any atom is -0.490 e. The first kappa shape index (κ1) is 25.9. The van der Waals surface area contributed by atoms with Crippen LogP contribution in [0.4, 0.5) is 11.4 Å². The predicted molar refractivity (Wildman–Crippen MR) is 142 cm³/mol. The number of anilines is 2. The van der Waals surface area contributed by atoms with Gasteiger partial charge in [-0.25, -0.2) is 0 Å². The van der Waals surface area contributed by atoms with E-state index in [1.54, 1.807) is 59.5 Å². The molecular formula is C26H24Cl3N3O4. The lowest BCUT2D eigenvalue weighted by molar-refractivity contribution is -0.125. The SMILES string of the molecule is CCOc1cc(NNC(=O)[C@H]2CC(=O)N(c3ccc(Cl)cc3)C2)ccc1OCc1ccc(Cl)c(Cl)c1. The van der Waals surface area contributed by atoms with Gasteiger partial charge in [-0.15, -0.1) is 0 Å². The van der Waals surface area contributed by atoms with Gasteiger partial charge in [-0.3, -0.25) is 20.4 Å². The summed E-state index contributed by atoms with van der Waals surface area (Å²) in [6.45, 7) is 2.87. The van der Waals surface area contributed by atoms with E-state index in [9.17, 15) is 9.59 Å². The van der Waals surface area contributed by atoms with Crippen LogP contribution in [0, 0.1) is 5.92 Å². The molecule has 36 heavy (non-hydrogen) atoms. The first-order valence-corrected chi connectivity index (χ1v) is 12.4. The second-order valence-corrected chi connectivity index (χ2v) is 9.38. The third kappa shape index (κ3) is 6.35. The van der Waals surface area contributed by atoms with Gasteiger partial charge in [0, 0.05) is 29.7 Å². The third-order valence-electron chi connectivity index (χ3n) is 5.59. The van der Waals surface area contributed by atoms with Gasteiger partial charge in [-0.05, 0) is 61.0 Å². The Bertz CT molecular complexity index is 1250. The zero-order valence-electron chi connectivity index (χ0n) is 19.4. The first-order chi connectivity index (χ1) is 17.3. The Morgan fingerprint density at radius 1 is 0.972 bits per heavy atom. The maximum absolute atomic E-state index is 12.7. The third-order valence-corrected chi connectivity index (χ3v) is 6.58. The molecule has 7 nitrogen and oxygen atoms in total. The van der Waals surface area contributed by atoms with Crippen LogP contribution in [0.1, 0.15) is 18.9 Å². The van der Waals surface area contributed by atoms with Crippen LogP contribution in [-0.2, 0) is 16.2 Å². The summed E-state index contributed by atoms with van der Waals surface area (Å²) < 4.78 is 11.6. The van der Waals surface area contributed by atoms with Crippen LogP contribution in [0.2, 0.25) is 15.1 Å². The fraction of sp³-hybridized carbons (Fsp3) is 0.231. The molecule has 1 aliphatic heterocycles. The zero-order valence-corrected chi connectivity index (χ0v) is 21.7. The Balaban J connectivity index is 1.35. The number of amides is 2. The highest BCUT2D eigenvalue weighted by Gasteiger charge is 2.35. The van der Waals surface area contributed by atoms with Crippen molar-refractivity contribution in [1.29, 1.82) is 0 Å². The van der Waals surface area contributed by atoms with E-state index in [0.717, 1.165) is 5.56 Å². The second-order valence-electron chi connectivity index (χ2n) is 8.13. The maximum atomic E-state index is 12.7. The summed E-state index contributed by atoms with van der Waals surface area (Å²) in [4.78, 5) is 26.8. The van der Waals surface area contributed by atoms with Gasteiger partial charge in [0.2, 0.25) is 11.8 Å². The van der Waals surface area contributed by atoms with Crippen molar-refractivity contribution in [3.63, 3.8) is 0 Å². The number of rotatable bonds is 9. The number of hydrogen-bond acceptors (Lipinski definition) is 5. The summed E-state index contributed by atoms with van der Waals surface area (Å²) in [5.41, 5.74) is 7.76. The lowest BCUT2D eigenvalue weighted by Crippen LogP contribution is -2.36. The number of ether oxygens (including phenoxy) is 2. The molecule has 1 aliphatic rings. The van der Waals surface area contributed by atoms with E-state index < -0.39 is 5.92 Å². The minimum absolute atomic E-state index is 0.111. The Morgan fingerprint density at radius 3 is 2.47 bits per heavy atom. The Hall–Kier alpha value is -3.13. The van der Waals surface area contributed by atoms with Gasteiger partial charge >= 0.3 is 0 Å². The van der Waals surface area contributed by atoms with Gasteiger partial charge in [0.15, 0.2) is 11.5 Å². The largest absolute Gasteiger partial charge is 0.490 e. The monoisotopic (exact) mass is 547 g/mol. The van der Waals surface area contributed by atoms with Crippen LogP contribution in [0.5, 0.6) is 11.5 Å². The Morgan fingerprint density at radius 2 is 1.75 bits per heavy atom. The molecule has 4 rings (SSSR count). The quantitative estimate of drug-likeness (QED) is 0.315. The molecule has 0 aromatic heterocycles. The topological polar surface area (TPSA) is 79.9 Å². The van der Waals surface area contributed by atoms with Crippen molar-refractivity contribution in [2.45, 2.75) is 20.0 Å². The van der Waals surface area contributed by atoms with Gasteiger partial charge in [-0.1, -0.05) is 40.9 Å². The molecule has 3 aromatic rings. The fourth-order valence-electron chi connectivity index (χ4n) is 3.75. The average molecular weight is 549 g/mol. The molecule has 2 amide bonds. The number of nitrogens with zero attached hydrogens (tertiary/aromatic N) is 1. The van der Waals surface area contributed by atoms with Crippen molar-refractivity contribution in [1.82, 2.24) is 5.43 Å². The van der Waals surface area contributed by atoms with Crippen LogP contribution in [0.3, 0.4) is 0 Å². The van der Waals surface area contributed by atoms with Crippen LogP contribution in [0.25, 0.3) is 0 Å². The Kier molecular flexibility index (Phi) is 8.46. The van der Waals surface area contributed by atoms with Crippen molar-refractivity contribution < 1.29 is 19.1 Å². The number of carbonyl (C=O) groups excluding carboxylic acids is 2. The number of benzene rings is 3. The van der Waals surface area contributed by atoms with Gasteiger partial charge in [0.05, 0.1) is 28.3 Å². The number of nitrogens with one attached hydrogen (secondary N) is 2. The molecule has 2 N–H and O–H groups in total. The Labute approximate surface area is 224 Å². The van der Waals surface area contributed by atoms with Gasteiger partial charge in [0.1, 0.15) is 6.61 Å². The van der Waals surface area contributed by atoms with Crippen LogP contribution >= 0.6 is 34.8 Å². The summed E-state index contributed by atoms with van der Waals surface area (Å²) in [5.74, 6) is 0.180. The molecule has 1 heterocycles. The smallest absolute Gasteiger partial charge is 0.243 e. The molecule has 0 saturated carbocycles. The van der Waals surface area contributed by atoms with Gasteiger partial charge in [0.25, 0.3) is 0 Å². The molecule has 188 valence electrons. The van der Waals surface area contributed by atoms with Crippen molar-refractivity contribution in [2.24, 2.45) is 5.92 Å². The molecule has 3 aromatic carbocycles. The number of hydrazine groups is 1. The standard InChI is InChI=1S/C26H24Cl3N3O4/c1-2-35-24-13-19(6-10-23(24)36-15-16-3-9-21(28)22(29)11-16)30-31-26(34)17-12-25(33)32(14-17)20-7-4-18(27)5-8-20/h3-11,13,17,30H,2,12,14-15H2,1H3,(H,31,34)/t17-/m0/s1. The molecule has 0 spiro atoms.